The largest absolute Gasteiger partial charge is 0.465 e. The van der Waals surface area contributed by atoms with Crippen LogP contribution in [0.3, 0.4) is 0 Å². The number of amides is 1. The summed E-state index contributed by atoms with van der Waals surface area (Å²) >= 11 is 0. The van der Waals surface area contributed by atoms with Gasteiger partial charge in [0.25, 0.3) is 5.91 Å². The number of aliphatic hydroxyl groups is 1. The highest BCUT2D eigenvalue weighted by atomic mass is 16.7. The number of hydrogen-bond acceptors (Lipinski definition) is 6. The second kappa shape index (κ2) is 14.1. The van der Waals surface area contributed by atoms with E-state index >= 15 is 0 Å². The Kier molecular flexibility index (Phi) is 10.6. The van der Waals surface area contributed by atoms with Crippen LogP contribution in [0.25, 0.3) is 0 Å². The lowest BCUT2D eigenvalue weighted by Gasteiger charge is -2.47. The van der Waals surface area contributed by atoms with Crippen LogP contribution in [-0.2, 0) is 4.74 Å². The van der Waals surface area contributed by atoms with E-state index in [4.69, 9.17) is 9.47 Å². The van der Waals surface area contributed by atoms with Crippen LogP contribution in [0.4, 0.5) is 0 Å². The lowest BCUT2D eigenvalue weighted by atomic mass is 9.92. The van der Waals surface area contributed by atoms with Crippen molar-refractivity contribution in [3.63, 3.8) is 0 Å². The molecule has 4 atom stereocenters. The number of carbonyl (C=O) groups excluding carboxylic acids is 1. The molecule has 7 nitrogen and oxygen atoms in total. The number of rotatable bonds is 11. The van der Waals surface area contributed by atoms with Crippen LogP contribution in [0, 0.1) is 0 Å². The molecule has 1 N–H and O–H groups in total. The van der Waals surface area contributed by atoms with Crippen LogP contribution < -0.4 is 4.74 Å². The van der Waals surface area contributed by atoms with Gasteiger partial charge in [0, 0.05) is 56.8 Å². The zero-order chi connectivity index (χ0) is 27.8. The zero-order valence-electron chi connectivity index (χ0n) is 23.8. The van der Waals surface area contributed by atoms with Gasteiger partial charge in [-0.05, 0) is 69.0 Å². The first-order valence-corrected chi connectivity index (χ1v) is 14.4. The minimum atomic E-state index is -0.195. The fourth-order valence-electron chi connectivity index (χ4n) is 5.81. The zero-order valence-corrected chi connectivity index (χ0v) is 23.8. The van der Waals surface area contributed by atoms with Gasteiger partial charge >= 0.3 is 0 Å². The number of hydrogen-bond donors (Lipinski definition) is 1. The molecule has 2 aromatic rings. The van der Waals surface area contributed by atoms with E-state index in [9.17, 15) is 9.90 Å². The summed E-state index contributed by atoms with van der Waals surface area (Å²) in [6, 6.07) is 17.1. The van der Waals surface area contributed by atoms with E-state index in [-0.39, 0.29) is 24.8 Å². The number of carbonyl (C=O) groups is 1. The Morgan fingerprint density at radius 3 is 2.62 bits per heavy atom. The molecule has 2 aromatic carbocycles. The van der Waals surface area contributed by atoms with E-state index in [2.05, 4.69) is 60.6 Å². The van der Waals surface area contributed by atoms with Gasteiger partial charge < -0.3 is 19.5 Å². The van der Waals surface area contributed by atoms with E-state index in [1.807, 2.05) is 31.2 Å². The van der Waals surface area contributed by atoms with Crippen LogP contribution in [0.15, 0.2) is 61.2 Å². The van der Waals surface area contributed by atoms with Gasteiger partial charge in [-0.1, -0.05) is 30.3 Å². The molecule has 0 radical (unpaired) electrons. The summed E-state index contributed by atoms with van der Waals surface area (Å²) in [5.74, 6) is 0.766. The van der Waals surface area contributed by atoms with Crippen molar-refractivity contribution in [1.29, 1.82) is 0 Å². The Morgan fingerprint density at radius 1 is 1.15 bits per heavy atom. The van der Waals surface area contributed by atoms with Gasteiger partial charge in [0.05, 0.1) is 19.3 Å². The summed E-state index contributed by atoms with van der Waals surface area (Å²) in [5.41, 5.74) is 2.93. The molecule has 1 amide bonds. The van der Waals surface area contributed by atoms with Crippen LogP contribution in [0.5, 0.6) is 5.75 Å². The molecule has 212 valence electrons. The van der Waals surface area contributed by atoms with Crippen molar-refractivity contribution in [2.45, 2.75) is 64.4 Å². The van der Waals surface area contributed by atoms with Gasteiger partial charge in [0.1, 0.15) is 5.75 Å². The molecule has 7 heteroatoms. The third kappa shape index (κ3) is 7.28. The average molecular weight is 536 g/mol. The second-order valence-corrected chi connectivity index (χ2v) is 10.8. The summed E-state index contributed by atoms with van der Waals surface area (Å²) in [6.07, 6.45) is 4.91. The maximum absolute atomic E-state index is 13.0. The van der Waals surface area contributed by atoms with Crippen molar-refractivity contribution in [2.75, 3.05) is 45.9 Å². The van der Waals surface area contributed by atoms with Gasteiger partial charge in [-0.25, -0.2) is 0 Å². The molecule has 2 fully saturated rings. The fourth-order valence-corrected chi connectivity index (χ4v) is 5.81. The highest BCUT2D eigenvalue weighted by Crippen LogP contribution is 2.35. The van der Waals surface area contributed by atoms with Crippen LogP contribution >= 0.6 is 0 Å². The molecule has 0 saturated carbocycles. The molecule has 0 aromatic heterocycles. The van der Waals surface area contributed by atoms with Crippen molar-refractivity contribution in [3.8, 4) is 5.75 Å². The molecule has 1 unspecified atom stereocenters. The predicted octanol–water partition coefficient (Wildman–Crippen LogP) is 4.72. The van der Waals surface area contributed by atoms with E-state index in [0.29, 0.717) is 30.7 Å². The molecular weight excluding hydrogens is 490 g/mol. The minimum Gasteiger partial charge on any atom is -0.465 e. The molecule has 4 rings (SSSR count). The smallest absolute Gasteiger partial charge is 0.253 e. The molecule has 39 heavy (non-hydrogen) atoms. The first-order valence-electron chi connectivity index (χ1n) is 14.4. The molecule has 2 aliphatic heterocycles. The fraction of sp³-hybridized carbons (Fsp3) is 0.531. The number of benzene rings is 2. The normalized spacial score (nSPS) is 23.2. The first kappa shape index (κ1) is 29.3. The van der Waals surface area contributed by atoms with E-state index in [0.717, 1.165) is 62.4 Å². The van der Waals surface area contributed by atoms with E-state index in [1.165, 1.54) is 0 Å². The highest BCUT2D eigenvalue weighted by molar-refractivity contribution is 5.94. The van der Waals surface area contributed by atoms with Crippen LogP contribution in [0.2, 0.25) is 0 Å². The van der Waals surface area contributed by atoms with Crippen LogP contribution in [0.1, 0.15) is 67.6 Å². The van der Waals surface area contributed by atoms with Gasteiger partial charge in [-0.15, -0.1) is 6.58 Å². The van der Waals surface area contributed by atoms with E-state index in [1.54, 1.807) is 4.90 Å². The van der Waals surface area contributed by atoms with Crippen LogP contribution in [-0.4, -0.2) is 90.0 Å². The summed E-state index contributed by atoms with van der Waals surface area (Å²) in [7, 11) is 0. The molecule has 0 bridgehead atoms. The third-order valence-corrected chi connectivity index (χ3v) is 7.95. The number of piperazine rings is 1. The average Bonchev–Trinajstić information content (AvgIpc) is 2.95. The van der Waals surface area contributed by atoms with Gasteiger partial charge in [-0.3, -0.25) is 14.6 Å². The summed E-state index contributed by atoms with van der Waals surface area (Å²) < 4.78 is 12.1. The summed E-state index contributed by atoms with van der Waals surface area (Å²) in [4.78, 5) is 19.7. The highest BCUT2D eigenvalue weighted by Gasteiger charge is 2.34. The lowest BCUT2D eigenvalue weighted by molar-refractivity contribution is -0.105. The van der Waals surface area contributed by atoms with Gasteiger partial charge in [-0.2, -0.15) is 0 Å². The molecule has 0 aliphatic carbocycles. The molecule has 2 heterocycles. The molecular formula is C32H45N3O4. The molecule has 2 aliphatic rings. The minimum absolute atomic E-state index is 0.00743. The van der Waals surface area contributed by atoms with Crippen molar-refractivity contribution in [3.05, 3.63) is 77.9 Å². The van der Waals surface area contributed by atoms with Gasteiger partial charge in [0.15, 0.2) is 6.29 Å². The number of nitrogens with zero attached hydrogens (tertiary/aromatic N) is 3. The Bertz CT molecular complexity index is 1070. The third-order valence-electron chi connectivity index (χ3n) is 7.95. The molecule has 2 saturated heterocycles. The van der Waals surface area contributed by atoms with Crippen molar-refractivity contribution >= 4 is 5.91 Å². The summed E-state index contributed by atoms with van der Waals surface area (Å²) in [6.45, 7) is 14.8. The maximum Gasteiger partial charge on any atom is 0.253 e. The van der Waals surface area contributed by atoms with Crippen molar-refractivity contribution in [1.82, 2.24) is 14.7 Å². The Balaban J connectivity index is 1.65. The topological polar surface area (TPSA) is 65.5 Å². The van der Waals surface area contributed by atoms with Crippen molar-refractivity contribution in [2.24, 2.45) is 0 Å². The first-order chi connectivity index (χ1) is 18.9. The standard InChI is InChI=1S/C32H45N3O4/c1-5-17-34-22-25(4)35(23-24(34)3)31(26-13-15-27(16-14-26)32(37)33(6-2)18-19-36)28-10-9-11-29(21-28)39-30-12-7-8-20-38-30/h5,9-11,13-16,21,24-25,30-31,36H,1,6-8,12,17-20,22-23H2,2-4H3/t24-,25+,30-,31?/m1/s1. The number of aliphatic hydroxyl groups excluding tert-OH is 1. The quantitative estimate of drug-likeness (QED) is 0.420. The SMILES string of the molecule is C=CCN1C[C@H](C)N(C(c2ccc(C(=O)N(CC)CCO)cc2)c2cccc(O[C@@H]3CCCCO3)c2)C[C@H]1C. The Hall–Kier alpha value is -2.71. The number of ether oxygens (including phenoxy) is 2. The number of likely N-dealkylation sites (N-methyl/N-ethyl adjacent to an activating group) is 1. The van der Waals surface area contributed by atoms with Gasteiger partial charge in [0.2, 0.25) is 0 Å². The monoisotopic (exact) mass is 535 g/mol. The second-order valence-electron chi connectivity index (χ2n) is 10.8. The maximum atomic E-state index is 13.0. The summed E-state index contributed by atoms with van der Waals surface area (Å²) in [5, 5.41) is 9.35. The predicted molar refractivity (Wildman–Crippen MR) is 155 cm³/mol. The lowest BCUT2D eigenvalue weighted by Crippen LogP contribution is -2.57. The Labute approximate surface area is 234 Å². The van der Waals surface area contributed by atoms with Crippen molar-refractivity contribution < 1.29 is 19.4 Å². The Morgan fingerprint density at radius 2 is 1.95 bits per heavy atom. The molecule has 0 spiro atoms. The van der Waals surface area contributed by atoms with E-state index < -0.39 is 0 Å².